The summed E-state index contributed by atoms with van der Waals surface area (Å²) in [7, 11) is -3.49. The molecule has 2 N–H and O–H groups in total. The summed E-state index contributed by atoms with van der Waals surface area (Å²) in [5.74, 6) is 0.437. The van der Waals surface area contributed by atoms with E-state index in [2.05, 4.69) is 10.6 Å². The van der Waals surface area contributed by atoms with Gasteiger partial charge in [0.05, 0.1) is 6.04 Å². The Morgan fingerprint density at radius 2 is 2.00 bits per heavy atom. The number of carbonyl (C=O) groups is 1. The van der Waals surface area contributed by atoms with E-state index in [1.54, 1.807) is 0 Å². The predicted molar refractivity (Wildman–Crippen MR) is 87.3 cm³/mol. The molecule has 1 unspecified atom stereocenters. The number of benzene rings is 1. The molecule has 1 amide bonds. The van der Waals surface area contributed by atoms with Crippen molar-refractivity contribution >= 4 is 15.7 Å². The third-order valence-electron chi connectivity index (χ3n) is 4.75. The van der Waals surface area contributed by atoms with Crippen LogP contribution < -0.4 is 15.4 Å². The van der Waals surface area contributed by atoms with Crippen LogP contribution in [0.15, 0.2) is 24.3 Å². The number of carbonyl (C=O) groups excluding carboxylic acids is 1. The summed E-state index contributed by atoms with van der Waals surface area (Å²) in [6.07, 6.45) is 2.42. The minimum absolute atomic E-state index is 0.203. The Hall–Kier alpha value is -1.60. The second kappa shape index (κ2) is 6.13. The SMILES string of the molecule is CS(=O)(=O)C1(C(=O)NC2COc3ccccc3C2)CCNCC1. The van der Waals surface area contributed by atoms with E-state index in [1.165, 1.54) is 0 Å². The van der Waals surface area contributed by atoms with Crippen LogP contribution in [-0.4, -0.2) is 51.1 Å². The lowest BCUT2D eigenvalue weighted by Gasteiger charge is -2.36. The lowest BCUT2D eigenvalue weighted by atomic mass is 9.94. The number of sulfone groups is 1. The maximum absolute atomic E-state index is 12.8. The van der Waals surface area contributed by atoms with Gasteiger partial charge < -0.3 is 15.4 Å². The maximum Gasteiger partial charge on any atom is 0.241 e. The number of hydrogen-bond acceptors (Lipinski definition) is 5. The topological polar surface area (TPSA) is 84.5 Å². The van der Waals surface area contributed by atoms with Crippen molar-refractivity contribution in [2.75, 3.05) is 26.0 Å². The van der Waals surface area contributed by atoms with Gasteiger partial charge in [-0.05, 0) is 44.0 Å². The molecule has 126 valence electrons. The standard InChI is InChI=1S/C16H22N2O4S/c1-23(20,21)16(6-8-17-9-7-16)15(19)18-13-10-12-4-2-3-5-14(12)22-11-13/h2-5,13,17H,6-11H2,1H3,(H,18,19). The first-order valence-corrected chi connectivity index (χ1v) is 9.73. The predicted octanol–water partition coefficient (Wildman–Crippen LogP) is 0.273. The molecule has 1 atom stereocenters. The quantitative estimate of drug-likeness (QED) is 0.827. The molecule has 23 heavy (non-hydrogen) atoms. The highest BCUT2D eigenvalue weighted by Crippen LogP contribution is 2.29. The summed E-state index contributed by atoms with van der Waals surface area (Å²) in [4.78, 5) is 12.8. The Morgan fingerprint density at radius 1 is 1.30 bits per heavy atom. The van der Waals surface area contributed by atoms with Crippen LogP contribution in [0.4, 0.5) is 0 Å². The summed E-state index contributed by atoms with van der Waals surface area (Å²) in [5, 5.41) is 6.02. The molecule has 1 aromatic rings. The van der Waals surface area contributed by atoms with Crippen LogP contribution in [0.1, 0.15) is 18.4 Å². The molecule has 1 saturated heterocycles. The molecule has 6 nitrogen and oxygen atoms in total. The molecule has 1 fully saturated rings. The largest absolute Gasteiger partial charge is 0.491 e. The molecule has 0 radical (unpaired) electrons. The molecule has 0 saturated carbocycles. The molecular formula is C16H22N2O4S. The van der Waals surface area contributed by atoms with E-state index in [-0.39, 0.29) is 6.04 Å². The second-order valence-electron chi connectivity index (χ2n) is 6.31. The van der Waals surface area contributed by atoms with Crippen molar-refractivity contribution < 1.29 is 17.9 Å². The molecule has 0 aliphatic carbocycles. The van der Waals surface area contributed by atoms with Gasteiger partial charge in [-0.2, -0.15) is 0 Å². The highest BCUT2D eigenvalue weighted by atomic mass is 32.2. The number of nitrogens with one attached hydrogen (secondary N) is 2. The van der Waals surface area contributed by atoms with Gasteiger partial charge >= 0.3 is 0 Å². The van der Waals surface area contributed by atoms with Crippen LogP contribution in [0.2, 0.25) is 0 Å². The lowest BCUT2D eigenvalue weighted by Crippen LogP contribution is -2.60. The molecule has 1 aromatic carbocycles. The van der Waals surface area contributed by atoms with Crippen molar-refractivity contribution in [3.05, 3.63) is 29.8 Å². The highest BCUT2D eigenvalue weighted by Gasteiger charge is 2.49. The van der Waals surface area contributed by atoms with E-state index in [0.29, 0.717) is 39.0 Å². The number of fused-ring (bicyclic) bond motifs is 1. The van der Waals surface area contributed by atoms with Gasteiger partial charge in [-0.15, -0.1) is 0 Å². The number of hydrogen-bond donors (Lipinski definition) is 2. The average molecular weight is 338 g/mol. The lowest BCUT2D eigenvalue weighted by molar-refractivity contribution is -0.125. The average Bonchev–Trinajstić information content (AvgIpc) is 2.54. The van der Waals surface area contributed by atoms with Gasteiger partial charge in [0.25, 0.3) is 0 Å². The zero-order valence-electron chi connectivity index (χ0n) is 13.2. The van der Waals surface area contributed by atoms with Crippen LogP contribution in [0.3, 0.4) is 0 Å². The monoisotopic (exact) mass is 338 g/mol. The van der Waals surface area contributed by atoms with Gasteiger partial charge in [-0.1, -0.05) is 18.2 Å². The van der Waals surface area contributed by atoms with E-state index in [0.717, 1.165) is 17.6 Å². The minimum atomic E-state index is -3.49. The Kier molecular flexibility index (Phi) is 4.33. The van der Waals surface area contributed by atoms with E-state index in [4.69, 9.17) is 4.74 Å². The van der Waals surface area contributed by atoms with Crippen molar-refractivity contribution in [1.29, 1.82) is 0 Å². The molecule has 2 aliphatic heterocycles. The summed E-state index contributed by atoms with van der Waals surface area (Å²) in [5.41, 5.74) is 1.03. The van der Waals surface area contributed by atoms with Gasteiger partial charge in [-0.25, -0.2) is 8.42 Å². The van der Waals surface area contributed by atoms with Gasteiger partial charge in [0.1, 0.15) is 12.4 Å². The highest BCUT2D eigenvalue weighted by molar-refractivity contribution is 7.92. The summed E-state index contributed by atoms with van der Waals surface area (Å²) >= 11 is 0. The first-order chi connectivity index (χ1) is 10.9. The van der Waals surface area contributed by atoms with Crippen LogP contribution >= 0.6 is 0 Å². The number of piperidine rings is 1. The van der Waals surface area contributed by atoms with Crippen molar-refractivity contribution in [3.8, 4) is 5.75 Å². The summed E-state index contributed by atoms with van der Waals surface area (Å²) in [6, 6.07) is 7.50. The molecule has 0 spiro atoms. The molecule has 7 heteroatoms. The van der Waals surface area contributed by atoms with Crippen molar-refractivity contribution in [2.24, 2.45) is 0 Å². The Balaban J connectivity index is 1.76. The number of ether oxygens (including phenoxy) is 1. The fourth-order valence-electron chi connectivity index (χ4n) is 3.33. The van der Waals surface area contributed by atoms with Gasteiger partial charge in [0.15, 0.2) is 14.6 Å². The third-order valence-corrected chi connectivity index (χ3v) is 6.76. The molecule has 2 aliphatic rings. The van der Waals surface area contributed by atoms with E-state index in [9.17, 15) is 13.2 Å². The number of para-hydroxylation sites is 1. The number of rotatable bonds is 3. The maximum atomic E-state index is 12.8. The van der Waals surface area contributed by atoms with E-state index < -0.39 is 20.5 Å². The number of amides is 1. The van der Waals surface area contributed by atoms with Crippen molar-refractivity contribution in [2.45, 2.75) is 30.1 Å². The Morgan fingerprint density at radius 3 is 2.70 bits per heavy atom. The molecule has 0 aromatic heterocycles. The van der Waals surface area contributed by atoms with Crippen molar-refractivity contribution in [3.63, 3.8) is 0 Å². The fraction of sp³-hybridized carbons (Fsp3) is 0.562. The van der Waals surface area contributed by atoms with Gasteiger partial charge in [0, 0.05) is 6.26 Å². The van der Waals surface area contributed by atoms with Crippen LogP contribution in [0, 0.1) is 0 Å². The molecule has 2 heterocycles. The Bertz CT molecular complexity index is 696. The smallest absolute Gasteiger partial charge is 0.241 e. The molecule has 3 rings (SSSR count). The van der Waals surface area contributed by atoms with Crippen molar-refractivity contribution in [1.82, 2.24) is 10.6 Å². The summed E-state index contributed by atoms with van der Waals surface area (Å²) in [6.45, 7) is 1.43. The molecule has 0 bridgehead atoms. The molecular weight excluding hydrogens is 316 g/mol. The first-order valence-electron chi connectivity index (χ1n) is 7.84. The normalized spacial score (nSPS) is 23.4. The van der Waals surface area contributed by atoms with Crippen LogP contribution in [-0.2, 0) is 21.1 Å². The van der Waals surface area contributed by atoms with Gasteiger partial charge in [0.2, 0.25) is 5.91 Å². The zero-order valence-corrected chi connectivity index (χ0v) is 14.0. The first kappa shape index (κ1) is 16.3. The van der Waals surface area contributed by atoms with Crippen LogP contribution in [0.5, 0.6) is 5.75 Å². The van der Waals surface area contributed by atoms with E-state index >= 15 is 0 Å². The summed E-state index contributed by atoms with van der Waals surface area (Å²) < 4.78 is 28.9. The third kappa shape index (κ3) is 3.07. The zero-order chi connectivity index (χ0) is 16.5. The van der Waals surface area contributed by atoms with Gasteiger partial charge in [-0.3, -0.25) is 4.79 Å². The Labute approximate surface area is 136 Å². The second-order valence-corrected chi connectivity index (χ2v) is 8.64. The van der Waals surface area contributed by atoms with Crippen LogP contribution in [0.25, 0.3) is 0 Å². The minimum Gasteiger partial charge on any atom is -0.491 e. The fourth-order valence-corrected chi connectivity index (χ4v) is 4.68. The van der Waals surface area contributed by atoms with E-state index in [1.807, 2.05) is 24.3 Å².